The van der Waals surface area contributed by atoms with Crippen LogP contribution in [0.15, 0.2) is 24.3 Å². The fraction of sp³-hybridized carbons (Fsp3) is 0.417. The maximum Gasteiger partial charge on any atom is 0.192 e. The second-order valence-corrected chi connectivity index (χ2v) is 4.86. The van der Waals surface area contributed by atoms with Crippen LogP contribution in [-0.4, -0.2) is 26.8 Å². The molecule has 0 aliphatic carbocycles. The highest BCUT2D eigenvalue weighted by atomic mass is 35.5. The Morgan fingerprint density at radius 1 is 1.33 bits per heavy atom. The van der Waals surface area contributed by atoms with Crippen LogP contribution >= 0.6 is 11.6 Å². The van der Waals surface area contributed by atoms with Gasteiger partial charge in [0.25, 0.3) is 0 Å². The quantitative estimate of drug-likeness (QED) is 0.902. The van der Waals surface area contributed by atoms with E-state index in [2.05, 4.69) is 20.7 Å². The van der Waals surface area contributed by atoms with Crippen LogP contribution in [0.5, 0.6) is 0 Å². The van der Waals surface area contributed by atoms with E-state index in [-0.39, 0.29) is 6.04 Å². The van der Waals surface area contributed by atoms with E-state index in [1.54, 1.807) is 0 Å². The number of piperidine rings is 1. The van der Waals surface area contributed by atoms with Gasteiger partial charge in [-0.2, -0.15) is 0 Å². The predicted molar refractivity (Wildman–Crippen MR) is 68.8 cm³/mol. The van der Waals surface area contributed by atoms with Gasteiger partial charge in [-0.1, -0.05) is 24.1 Å². The van der Waals surface area contributed by atoms with E-state index in [0.29, 0.717) is 5.02 Å². The molecule has 94 valence electrons. The zero-order valence-corrected chi connectivity index (χ0v) is 10.6. The molecule has 2 aromatic rings. The number of nitrogens with zero attached hydrogens (tertiary/aromatic N) is 4. The minimum absolute atomic E-state index is 0.228. The number of nitrogens with one attached hydrogen (secondary N) is 1. The summed E-state index contributed by atoms with van der Waals surface area (Å²) in [6.07, 6.45) is 3.50. The topological polar surface area (TPSA) is 55.6 Å². The summed E-state index contributed by atoms with van der Waals surface area (Å²) in [6.45, 7) is 1.02. The van der Waals surface area contributed by atoms with Gasteiger partial charge in [0.15, 0.2) is 5.82 Å². The van der Waals surface area contributed by atoms with Crippen LogP contribution in [0.25, 0.3) is 5.69 Å². The molecular weight excluding hydrogens is 250 g/mol. The van der Waals surface area contributed by atoms with E-state index in [9.17, 15) is 0 Å². The molecule has 0 unspecified atom stereocenters. The molecule has 0 spiro atoms. The molecule has 1 atom stereocenters. The van der Waals surface area contributed by atoms with Crippen LogP contribution in [0.1, 0.15) is 31.1 Å². The monoisotopic (exact) mass is 263 g/mol. The third-order valence-electron chi connectivity index (χ3n) is 3.09. The number of halogens is 1. The van der Waals surface area contributed by atoms with E-state index in [1.807, 2.05) is 24.3 Å². The van der Waals surface area contributed by atoms with Gasteiger partial charge in [-0.25, -0.2) is 0 Å². The van der Waals surface area contributed by atoms with Crippen molar-refractivity contribution in [3.8, 4) is 5.69 Å². The van der Waals surface area contributed by atoms with Crippen molar-refractivity contribution >= 4 is 11.6 Å². The Bertz CT molecular complexity index is 533. The fourth-order valence-electron chi connectivity index (χ4n) is 2.15. The molecule has 2 heterocycles. The van der Waals surface area contributed by atoms with Crippen molar-refractivity contribution in [2.24, 2.45) is 0 Å². The lowest BCUT2D eigenvalue weighted by atomic mass is 10.1. The largest absolute Gasteiger partial charge is 0.307 e. The highest BCUT2D eigenvalue weighted by molar-refractivity contribution is 6.30. The van der Waals surface area contributed by atoms with Crippen LogP contribution < -0.4 is 5.32 Å². The van der Waals surface area contributed by atoms with Crippen LogP contribution in [0.3, 0.4) is 0 Å². The summed E-state index contributed by atoms with van der Waals surface area (Å²) < 4.78 is 0. The molecule has 1 aromatic carbocycles. The fourth-order valence-corrected chi connectivity index (χ4v) is 2.33. The molecule has 1 N–H and O–H groups in total. The van der Waals surface area contributed by atoms with Crippen molar-refractivity contribution in [2.75, 3.05) is 6.54 Å². The molecule has 1 aliphatic heterocycles. The number of benzene rings is 1. The Morgan fingerprint density at radius 2 is 2.28 bits per heavy atom. The number of tetrazole rings is 1. The van der Waals surface area contributed by atoms with Crippen molar-refractivity contribution in [3.05, 3.63) is 35.1 Å². The van der Waals surface area contributed by atoms with Crippen molar-refractivity contribution in [3.63, 3.8) is 0 Å². The van der Waals surface area contributed by atoms with Crippen molar-refractivity contribution < 1.29 is 0 Å². The van der Waals surface area contributed by atoms with E-state index in [1.165, 1.54) is 17.6 Å². The van der Waals surface area contributed by atoms with Gasteiger partial charge in [0, 0.05) is 5.02 Å². The molecule has 3 rings (SSSR count). The molecule has 1 saturated heterocycles. The van der Waals surface area contributed by atoms with Gasteiger partial charge in [-0.3, -0.25) is 0 Å². The second kappa shape index (κ2) is 5.04. The molecule has 0 saturated carbocycles. The SMILES string of the molecule is Clc1cccc(-n2nnc([C@H]3CCCCN3)n2)c1. The van der Waals surface area contributed by atoms with Gasteiger partial charge < -0.3 is 5.32 Å². The first-order chi connectivity index (χ1) is 8.83. The van der Waals surface area contributed by atoms with Gasteiger partial charge in [-0.15, -0.1) is 15.0 Å². The maximum atomic E-state index is 5.95. The Hall–Kier alpha value is -1.46. The van der Waals surface area contributed by atoms with E-state index >= 15 is 0 Å². The van der Waals surface area contributed by atoms with Gasteiger partial charge in [0.05, 0.1) is 11.7 Å². The molecule has 0 bridgehead atoms. The first-order valence-corrected chi connectivity index (χ1v) is 6.50. The molecular formula is C12H14ClN5. The first kappa shape index (κ1) is 11.6. The highest BCUT2D eigenvalue weighted by Crippen LogP contribution is 2.20. The number of rotatable bonds is 2. The van der Waals surface area contributed by atoms with Crippen molar-refractivity contribution in [1.29, 1.82) is 0 Å². The Kier molecular flexibility index (Phi) is 3.25. The summed E-state index contributed by atoms with van der Waals surface area (Å²) in [5, 5.41) is 16.7. The Labute approximate surface area is 110 Å². The summed E-state index contributed by atoms with van der Waals surface area (Å²) >= 11 is 5.95. The van der Waals surface area contributed by atoms with E-state index < -0.39 is 0 Å². The van der Waals surface area contributed by atoms with Crippen molar-refractivity contribution in [2.45, 2.75) is 25.3 Å². The lowest BCUT2D eigenvalue weighted by Crippen LogP contribution is -2.27. The molecule has 1 fully saturated rings. The van der Waals surface area contributed by atoms with E-state index in [0.717, 1.165) is 24.5 Å². The standard InChI is InChI=1S/C12H14ClN5/c13-9-4-3-5-10(8-9)18-16-12(15-17-18)11-6-1-2-7-14-11/h3-5,8,11,14H,1-2,6-7H2/t11-/m1/s1. The molecule has 0 radical (unpaired) electrons. The molecule has 0 amide bonds. The molecule has 18 heavy (non-hydrogen) atoms. The number of hydrogen-bond acceptors (Lipinski definition) is 4. The Balaban J connectivity index is 1.84. The van der Waals surface area contributed by atoms with Crippen molar-refractivity contribution in [1.82, 2.24) is 25.5 Å². The normalized spacial score (nSPS) is 19.9. The molecule has 1 aliphatic rings. The second-order valence-electron chi connectivity index (χ2n) is 4.42. The van der Waals surface area contributed by atoms with Gasteiger partial charge in [-0.05, 0) is 42.8 Å². The zero-order chi connectivity index (χ0) is 12.4. The van der Waals surface area contributed by atoms with Gasteiger partial charge in [0.1, 0.15) is 0 Å². The first-order valence-electron chi connectivity index (χ1n) is 6.12. The van der Waals surface area contributed by atoms with Crippen LogP contribution in [0.4, 0.5) is 0 Å². The summed E-state index contributed by atoms with van der Waals surface area (Å²) in [5.74, 6) is 0.759. The summed E-state index contributed by atoms with van der Waals surface area (Å²) in [5.41, 5.74) is 0.831. The van der Waals surface area contributed by atoms with Crippen LogP contribution in [0.2, 0.25) is 5.02 Å². The third kappa shape index (κ3) is 2.37. The zero-order valence-electron chi connectivity index (χ0n) is 9.88. The average Bonchev–Trinajstić information content (AvgIpc) is 2.89. The van der Waals surface area contributed by atoms with Crippen LogP contribution in [-0.2, 0) is 0 Å². The number of hydrogen-bond donors (Lipinski definition) is 1. The smallest absolute Gasteiger partial charge is 0.192 e. The summed E-state index contributed by atoms with van der Waals surface area (Å²) in [4.78, 5) is 1.53. The maximum absolute atomic E-state index is 5.95. The minimum atomic E-state index is 0.228. The lowest BCUT2D eigenvalue weighted by molar-refractivity contribution is 0.397. The van der Waals surface area contributed by atoms with Gasteiger partial charge >= 0.3 is 0 Å². The highest BCUT2D eigenvalue weighted by Gasteiger charge is 2.19. The van der Waals surface area contributed by atoms with E-state index in [4.69, 9.17) is 11.6 Å². The summed E-state index contributed by atoms with van der Waals surface area (Å²) in [6, 6.07) is 7.66. The lowest BCUT2D eigenvalue weighted by Gasteiger charge is -2.19. The minimum Gasteiger partial charge on any atom is -0.307 e. The number of aromatic nitrogens is 4. The van der Waals surface area contributed by atoms with Crippen LogP contribution in [0, 0.1) is 0 Å². The predicted octanol–water partition coefficient (Wildman–Crippen LogP) is 2.13. The molecule has 6 heteroatoms. The third-order valence-corrected chi connectivity index (χ3v) is 3.33. The molecule has 5 nitrogen and oxygen atoms in total. The summed E-state index contributed by atoms with van der Waals surface area (Å²) in [7, 11) is 0. The van der Waals surface area contributed by atoms with Gasteiger partial charge in [0.2, 0.25) is 0 Å². The average molecular weight is 264 g/mol. The molecule has 1 aromatic heterocycles. The Morgan fingerprint density at radius 3 is 3.06 bits per heavy atom.